The van der Waals surface area contributed by atoms with Crippen molar-refractivity contribution < 1.29 is 42.8 Å². The topological polar surface area (TPSA) is 107 Å². The Kier molecular flexibility index (Phi) is 12.0. The van der Waals surface area contributed by atoms with Gasteiger partial charge in [-0.05, 0) is 50.7 Å². The van der Waals surface area contributed by atoms with E-state index in [0.717, 1.165) is 58.3 Å². The van der Waals surface area contributed by atoms with E-state index in [1.807, 2.05) is 18.2 Å². The van der Waals surface area contributed by atoms with Gasteiger partial charge < -0.3 is 28.4 Å². The highest BCUT2D eigenvalue weighted by molar-refractivity contribution is 5.89. The molecule has 3 saturated heterocycles. The first kappa shape index (κ1) is 27.1. The van der Waals surface area contributed by atoms with E-state index in [-0.39, 0.29) is 62.3 Å². The zero-order valence-electron chi connectivity index (χ0n) is 20.2. The van der Waals surface area contributed by atoms with Crippen LogP contribution in [0.4, 0.5) is 0 Å². The van der Waals surface area contributed by atoms with Crippen LogP contribution in [0.3, 0.4) is 0 Å². The molecule has 35 heavy (non-hydrogen) atoms. The van der Waals surface area contributed by atoms with Gasteiger partial charge in [0, 0.05) is 19.8 Å². The predicted molar refractivity (Wildman–Crippen MR) is 125 cm³/mol. The quantitative estimate of drug-likeness (QED) is 0.359. The molecular weight excluding hydrogens is 456 g/mol. The molecule has 3 unspecified atom stereocenters. The molecule has 9 heteroatoms. The molecular formula is C26H36O9. The Balaban J connectivity index is 0.000000203. The maximum atomic E-state index is 11.5. The summed E-state index contributed by atoms with van der Waals surface area (Å²) in [6, 6.07) is 9.01. The number of hydrogen-bond acceptors (Lipinski definition) is 9. The molecule has 1 aromatic rings. The maximum absolute atomic E-state index is 11.5. The van der Waals surface area contributed by atoms with Gasteiger partial charge in [0.15, 0.2) is 0 Å². The second-order valence-electron chi connectivity index (χ2n) is 8.74. The normalized spacial score (nSPS) is 23.3. The van der Waals surface area contributed by atoms with Crippen LogP contribution in [-0.2, 0) is 38.0 Å². The van der Waals surface area contributed by atoms with Crippen molar-refractivity contribution in [3.05, 3.63) is 35.9 Å². The van der Waals surface area contributed by atoms with Crippen LogP contribution in [0.25, 0.3) is 0 Å². The smallest absolute Gasteiger partial charge is 0.338 e. The third-order valence-corrected chi connectivity index (χ3v) is 5.88. The largest absolute Gasteiger partial charge is 0.463 e. The van der Waals surface area contributed by atoms with Crippen LogP contribution in [-0.4, -0.2) is 75.9 Å². The second kappa shape index (κ2) is 15.5. The highest BCUT2D eigenvalue weighted by Gasteiger charge is 2.20. The summed E-state index contributed by atoms with van der Waals surface area (Å²) >= 11 is 0. The number of carbonyl (C=O) groups is 3. The first-order valence-electron chi connectivity index (χ1n) is 12.5. The molecule has 0 saturated carbocycles. The zero-order valence-corrected chi connectivity index (χ0v) is 20.2. The van der Waals surface area contributed by atoms with Crippen LogP contribution < -0.4 is 0 Å². The summed E-state index contributed by atoms with van der Waals surface area (Å²) in [4.78, 5) is 34.4. The third kappa shape index (κ3) is 10.8. The molecule has 9 nitrogen and oxygen atoms in total. The summed E-state index contributed by atoms with van der Waals surface area (Å²) in [6.07, 6.45) is 6.17. The molecule has 0 aromatic heterocycles. The Morgan fingerprint density at radius 1 is 0.657 bits per heavy atom. The summed E-state index contributed by atoms with van der Waals surface area (Å²) in [5.74, 6) is -1.03. The molecule has 0 amide bonds. The first-order chi connectivity index (χ1) is 17.1. The predicted octanol–water partition coefficient (Wildman–Crippen LogP) is 3.23. The van der Waals surface area contributed by atoms with Crippen molar-refractivity contribution in [1.82, 2.24) is 0 Å². The first-order valence-corrected chi connectivity index (χ1v) is 12.5. The Hall–Kier alpha value is -2.49. The Bertz CT molecular complexity index is 732. The fourth-order valence-electron chi connectivity index (χ4n) is 3.87. The highest BCUT2D eigenvalue weighted by atomic mass is 16.6. The van der Waals surface area contributed by atoms with E-state index < -0.39 is 0 Å². The van der Waals surface area contributed by atoms with Crippen molar-refractivity contribution in [2.24, 2.45) is 0 Å². The fraction of sp³-hybridized carbons (Fsp3) is 0.654. The monoisotopic (exact) mass is 492 g/mol. The number of hydrogen-bond donors (Lipinski definition) is 0. The number of benzene rings is 1. The fourth-order valence-corrected chi connectivity index (χ4v) is 3.87. The number of ether oxygens (including phenoxy) is 6. The van der Waals surface area contributed by atoms with E-state index >= 15 is 0 Å². The maximum Gasteiger partial charge on any atom is 0.338 e. The minimum Gasteiger partial charge on any atom is -0.463 e. The summed E-state index contributed by atoms with van der Waals surface area (Å²) in [5.41, 5.74) is 0.593. The van der Waals surface area contributed by atoms with Crippen LogP contribution in [0.1, 0.15) is 61.7 Å². The SMILES string of the molecule is O=C(CCC(=O)OCC1CCCO1)OCC1CCCO1.O=C(OCC1CCCO1)c1ccccc1. The molecule has 3 aliphatic heterocycles. The molecule has 0 aliphatic carbocycles. The molecule has 3 aliphatic rings. The molecule has 4 rings (SSSR count). The van der Waals surface area contributed by atoms with Crippen molar-refractivity contribution in [1.29, 1.82) is 0 Å². The number of rotatable bonds is 10. The van der Waals surface area contributed by atoms with Gasteiger partial charge in [0.25, 0.3) is 0 Å². The minimum absolute atomic E-state index is 0.0189. The lowest BCUT2D eigenvalue weighted by Gasteiger charge is -2.11. The van der Waals surface area contributed by atoms with Crippen LogP contribution in [0.15, 0.2) is 30.3 Å². The van der Waals surface area contributed by atoms with Crippen LogP contribution >= 0.6 is 0 Å². The molecule has 0 bridgehead atoms. The lowest BCUT2D eigenvalue weighted by atomic mass is 10.2. The molecule has 0 N–H and O–H groups in total. The summed E-state index contributed by atoms with van der Waals surface area (Å²) in [5, 5.41) is 0. The van der Waals surface area contributed by atoms with Crippen LogP contribution in [0.5, 0.6) is 0 Å². The third-order valence-electron chi connectivity index (χ3n) is 5.88. The van der Waals surface area contributed by atoms with Gasteiger partial charge in [-0.3, -0.25) is 9.59 Å². The minimum atomic E-state index is -0.380. The average Bonchev–Trinajstić information content (AvgIpc) is 3.68. The summed E-state index contributed by atoms with van der Waals surface area (Å²) < 4.78 is 31.3. The van der Waals surface area contributed by atoms with Crippen LogP contribution in [0.2, 0.25) is 0 Å². The Morgan fingerprint density at radius 2 is 1.09 bits per heavy atom. The Labute approximate surface area is 206 Å². The van der Waals surface area contributed by atoms with E-state index in [4.69, 9.17) is 28.4 Å². The van der Waals surface area contributed by atoms with Gasteiger partial charge in [-0.2, -0.15) is 0 Å². The van der Waals surface area contributed by atoms with Gasteiger partial charge in [0.2, 0.25) is 0 Å². The van der Waals surface area contributed by atoms with Crippen LogP contribution in [0, 0.1) is 0 Å². The van der Waals surface area contributed by atoms with Gasteiger partial charge in [-0.25, -0.2) is 4.79 Å². The highest BCUT2D eigenvalue weighted by Crippen LogP contribution is 2.14. The van der Waals surface area contributed by atoms with Gasteiger partial charge in [-0.15, -0.1) is 0 Å². The van der Waals surface area contributed by atoms with E-state index in [2.05, 4.69) is 0 Å². The molecule has 3 fully saturated rings. The lowest BCUT2D eigenvalue weighted by Crippen LogP contribution is -2.20. The van der Waals surface area contributed by atoms with Crippen molar-refractivity contribution in [3.8, 4) is 0 Å². The van der Waals surface area contributed by atoms with Gasteiger partial charge >= 0.3 is 17.9 Å². The van der Waals surface area contributed by atoms with Crippen molar-refractivity contribution in [3.63, 3.8) is 0 Å². The van der Waals surface area contributed by atoms with E-state index in [1.165, 1.54) is 0 Å². The van der Waals surface area contributed by atoms with Crippen molar-refractivity contribution >= 4 is 17.9 Å². The molecule has 1 aromatic carbocycles. The Morgan fingerprint density at radius 3 is 1.49 bits per heavy atom. The standard InChI is InChI=1S/C14H22O6.C12H14O3/c15-13(19-9-11-3-1-7-17-11)5-6-14(16)20-10-12-4-2-8-18-12;13-12(10-5-2-1-3-6-10)15-9-11-7-4-8-14-11/h11-12H,1-10H2;1-3,5-6,11H,4,7-9H2. The molecule has 0 spiro atoms. The molecule has 0 radical (unpaired) electrons. The van der Waals surface area contributed by atoms with Gasteiger partial charge in [0.1, 0.15) is 19.8 Å². The summed E-state index contributed by atoms with van der Waals surface area (Å²) in [6.45, 7) is 3.18. The van der Waals surface area contributed by atoms with E-state index in [0.29, 0.717) is 12.2 Å². The van der Waals surface area contributed by atoms with E-state index in [9.17, 15) is 14.4 Å². The van der Waals surface area contributed by atoms with E-state index in [1.54, 1.807) is 12.1 Å². The number of esters is 3. The lowest BCUT2D eigenvalue weighted by molar-refractivity contribution is -0.153. The second-order valence-corrected chi connectivity index (χ2v) is 8.74. The zero-order chi connectivity index (χ0) is 24.7. The molecule has 3 heterocycles. The molecule has 194 valence electrons. The summed E-state index contributed by atoms with van der Waals surface area (Å²) in [7, 11) is 0. The molecule has 3 atom stereocenters. The van der Waals surface area contributed by atoms with Gasteiger partial charge in [0.05, 0.1) is 36.7 Å². The number of carbonyl (C=O) groups excluding carboxylic acids is 3. The van der Waals surface area contributed by atoms with Gasteiger partial charge in [-0.1, -0.05) is 18.2 Å². The van der Waals surface area contributed by atoms with Crippen molar-refractivity contribution in [2.75, 3.05) is 39.6 Å². The van der Waals surface area contributed by atoms with Crippen molar-refractivity contribution in [2.45, 2.75) is 69.7 Å². The average molecular weight is 493 g/mol.